The fraction of sp³-hybridized carbons (Fsp3) is 0.214. The van der Waals surface area contributed by atoms with Gasteiger partial charge < -0.3 is 0 Å². The Morgan fingerprint density at radius 3 is 2.47 bits per heavy atom. The Morgan fingerprint density at radius 1 is 1.06 bits per heavy atom. The molecule has 0 aliphatic heterocycles. The lowest BCUT2D eigenvalue weighted by molar-refractivity contribution is 0.901. The second-order valence-electron chi connectivity index (χ2n) is 3.66. The highest BCUT2D eigenvalue weighted by Gasteiger charge is 2.10. The Morgan fingerprint density at radius 2 is 1.82 bits per heavy atom. The maximum atomic E-state index is 4.32. The van der Waals surface area contributed by atoms with Crippen LogP contribution in [0.1, 0.15) is 24.2 Å². The molecule has 0 N–H and O–H groups in total. The molecular formula is C14H15NS2. The molecule has 0 fully saturated rings. The molecule has 0 radical (unpaired) electrons. The van der Waals surface area contributed by atoms with E-state index < -0.39 is 0 Å². The van der Waals surface area contributed by atoms with E-state index in [1.807, 2.05) is 29.1 Å². The zero-order chi connectivity index (χ0) is 11.9. The van der Waals surface area contributed by atoms with Crippen LogP contribution in [0.3, 0.4) is 0 Å². The quantitative estimate of drug-likeness (QED) is 0.705. The van der Waals surface area contributed by atoms with E-state index in [0.29, 0.717) is 5.25 Å². The topological polar surface area (TPSA) is 12.9 Å². The minimum Gasteiger partial charge on any atom is -0.249 e. The molecule has 3 heteroatoms. The van der Waals surface area contributed by atoms with Crippen LogP contribution in [0.5, 0.6) is 0 Å². The van der Waals surface area contributed by atoms with Gasteiger partial charge in [-0.1, -0.05) is 54.1 Å². The standard InChI is InChI=1S/C14H15NS2/c1-2-13(12-8-4-3-5-9-12)16-17-14-10-6-7-11-15-14/h3-11,13H,2H2,1H3. The van der Waals surface area contributed by atoms with Crippen molar-refractivity contribution in [2.24, 2.45) is 0 Å². The third-order valence-electron chi connectivity index (χ3n) is 2.43. The molecule has 88 valence electrons. The zero-order valence-corrected chi connectivity index (χ0v) is 11.4. The van der Waals surface area contributed by atoms with Crippen LogP contribution < -0.4 is 0 Å². The van der Waals surface area contributed by atoms with Crippen LogP contribution in [0.4, 0.5) is 0 Å². The van der Waals surface area contributed by atoms with Crippen LogP contribution in [-0.2, 0) is 0 Å². The molecule has 2 rings (SSSR count). The molecule has 1 aromatic carbocycles. The van der Waals surface area contributed by atoms with Crippen molar-refractivity contribution in [1.82, 2.24) is 4.98 Å². The van der Waals surface area contributed by atoms with E-state index >= 15 is 0 Å². The fourth-order valence-corrected chi connectivity index (χ4v) is 4.07. The molecule has 0 aliphatic carbocycles. The molecule has 17 heavy (non-hydrogen) atoms. The largest absolute Gasteiger partial charge is 0.249 e. The first-order valence-corrected chi connectivity index (χ1v) is 7.90. The monoisotopic (exact) mass is 261 g/mol. The minimum atomic E-state index is 0.531. The third kappa shape index (κ3) is 3.79. The van der Waals surface area contributed by atoms with Crippen LogP contribution in [0.2, 0.25) is 0 Å². The van der Waals surface area contributed by atoms with Crippen molar-refractivity contribution in [2.75, 3.05) is 0 Å². The summed E-state index contributed by atoms with van der Waals surface area (Å²) in [7, 11) is 3.64. The highest BCUT2D eigenvalue weighted by molar-refractivity contribution is 8.76. The summed E-state index contributed by atoms with van der Waals surface area (Å²) in [5.74, 6) is 0. The SMILES string of the molecule is CCC(SSc1ccccn1)c1ccccc1. The van der Waals surface area contributed by atoms with Gasteiger partial charge >= 0.3 is 0 Å². The first-order chi connectivity index (χ1) is 8.40. The van der Waals surface area contributed by atoms with E-state index in [0.717, 1.165) is 11.4 Å². The molecule has 0 saturated heterocycles. The van der Waals surface area contributed by atoms with Crippen LogP contribution >= 0.6 is 21.6 Å². The van der Waals surface area contributed by atoms with Crippen LogP contribution in [0.25, 0.3) is 0 Å². The Balaban J connectivity index is 1.97. The van der Waals surface area contributed by atoms with Gasteiger partial charge in [-0.3, -0.25) is 0 Å². The van der Waals surface area contributed by atoms with Crippen molar-refractivity contribution in [3.05, 3.63) is 60.3 Å². The van der Waals surface area contributed by atoms with Crippen LogP contribution in [-0.4, -0.2) is 4.98 Å². The van der Waals surface area contributed by atoms with Crippen molar-refractivity contribution in [1.29, 1.82) is 0 Å². The summed E-state index contributed by atoms with van der Waals surface area (Å²) >= 11 is 0. The van der Waals surface area contributed by atoms with E-state index in [-0.39, 0.29) is 0 Å². The molecule has 0 amide bonds. The molecule has 1 aromatic heterocycles. The van der Waals surface area contributed by atoms with Gasteiger partial charge in [-0.25, -0.2) is 4.98 Å². The molecule has 0 bridgehead atoms. The van der Waals surface area contributed by atoms with Gasteiger partial charge in [0.15, 0.2) is 0 Å². The van der Waals surface area contributed by atoms with Crippen LogP contribution in [0, 0.1) is 0 Å². The molecule has 2 aromatic rings. The van der Waals surface area contributed by atoms with Gasteiger partial charge in [-0.2, -0.15) is 0 Å². The molecule has 1 atom stereocenters. The number of rotatable bonds is 5. The highest BCUT2D eigenvalue weighted by atomic mass is 33.1. The smallest absolute Gasteiger partial charge is 0.106 e. The van der Waals surface area contributed by atoms with Gasteiger partial charge in [-0.15, -0.1) is 0 Å². The number of hydrogen-bond donors (Lipinski definition) is 0. The van der Waals surface area contributed by atoms with E-state index in [2.05, 4.69) is 48.3 Å². The Bertz CT molecular complexity index is 430. The van der Waals surface area contributed by atoms with Gasteiger partial charge in [0.1, 0.15) is 5.03 Å². The van der Waals surface area contributed by atoms with E-state index in [9.17, 15) is 0 Å². The second-order valence-corrected chi connectivity index (χ2v) is 6.08. The van der Waals surface area contributed by atoms with Gasteiger partial charge in [0.2, 0.25) is 0 Å². The molecule has 1 heterocycles. The summed E-state index contributed by atoms with van der Waals surface area (Å²) in [6.07, 6.45) is 2.97. The Kier molecular flexibility index (Phi) is 4.95. The van der Waals surface area contributed by atoms with E-state index in [1.165, 1.54) is 5.56 Å². The normalized spacial score (nSPS) is 12.3. The molecule has 0 saturated carbocycles. The second kappa shape index (κ2) is 6.72. The predicted octanol–water partition coefficient (Wildman–Crippen LogP) is 4.97. The summed E-state index contributed by atoms with van der Waals surface area (Å²) in [5.41, 5.74) is 1.39. The number of pyridine rings is 1. The summed E-state index contributed by atoms with van der Waals surface area (Å²) in [6, 6.07) is 16.7. The Labute approximate surface area is 110 Å². The number of hydrogen-bond acceptors (Lipinski definition) is 3. The molecule has 0 aliphatic rings. The van der Waals surface area contributed by atoms with Gasteiger partial charge in [0.05, 0.1) is 0 Å². The maximum Gasteiger partial charge on any atom is 0.106 e. The number of nitrogens with zero attached hydrogens (tertiary/aromatic N) is 1. The van der Waals surface area contributed by atoms with E-state index in [4.69, 9.17) is 0 Å². The summed E-state index contributed by atoms with van der Waals surface area (Å²) in [6.45, 7) is 2.23. The molecule has 1 unspecified atom stereocenters. The Hall–Kier alpha value is -0.930. The number of benzene rings is 1. The van der Waals surface area contributed by atoms with Crippen LogP contribution in [0.15, 0.2) is 59.8 Å². The van der Waals surface area contributed by atoms with Crippen molar-refractivity contribution in [3.8, 4) is 0 Å². The lowest BCUT2D eigenvalue weighted by Gasteiger charge is -2.13. The zero-order valence-electron chi connectivity index (χ0n) is 9.74. The van der Waals surface area contributed by atoms with E-state index in [1.54, 1.807) is 10.8 Å². The lowest BCUT2D eigenvalue weighted by Crippen LogP contribution is -1.89. The van der Waals surface area contributed by atoms with Crippen molar-refractivity contribution >= 4 is 21.6 Å². The van der Waals surface area contributed by atoms with Crippen molar-refractivity contribution in [2.45, 2.75) is 23.6 Å². The molecular weight excluding hydrogens is 246 g/mol. The summed E-state index contributed by atoms with van der Waals surface area (Å²) in [4.78, 5) is 4.32. The minimum absolute atomic E-state index is 0.531. The first-order valence-electron chi connectivity index (χ1n) is 5.69. The van der Waals surface area contributed by atoms with Gasteiger partial charge in [-0.05, 0) is 34.9 Å². The summed E-state index contributed by atoms with van der Waals surface area (Å²) in [5, 5.41) is 1.61. The van der Waals surface area contributed by atoms with Crippen molar-refractivity contribution < 1.29 is 0 Å². The van der Waals surface area contributed by atoms with Gasteiger partial charge in [0.25, 0.3) is 0 Å². The lowest BCUT2D eigenvalue weighted by atomic mass is 10.1. The molecule has 0 spiro atoms. The predicted molar refractivity (Wildman–Crippen MR) is 77.2 cm³/mol. The number of aromatic nitrogens is 1. The molecule has 1 nitrogen and oxygen atoms in total. The first kappa shape index (κ1) is 12.5. The third-order valence-corrected chi connectivity index (χ3v) is 5.27. The van der Waals surface area contributed by atoms with Crippen molar-refractivity contribution in [3.63, 3.8) is 0 Å². The average molecular weight is 261 g/mol. The summed E-state index contributed by atoms with van der Waals surface area (Å²) < 4.78 is 0. The van der Waals surface area contributed by atoms with Gasteiger partial charge in [0, 0.05) is 11.4 Å². The maximum absolute atomic E-state index is 4.32. The fourth-order valence-electron chi connectivity index (χ4n) is 1.53. The highest BCUT2D eigenvalue weighted by Crippen LogP contribution is 2.43. The average Bonchev–Trinajstić information content (AvgIpc) is 2.42.